The Bertz CT molecular complexity index is 795. The monoisotopic (exact) mass is 399 g/mol. The van der Waals surface area contributed by atoms with Crippen LogP contribution in [-0.2, 0) is 11.2 Å². The minimum absolute atomic E-state index is 0.0620. The lowest BCUT2D eigenvalue weighted by molar-refractivity contribution is -0.124. The number of hydrogen-bond donors (Lipinski definition) is 3. The Morgan fingerprint density at radius 1 is 1.14 bits per heavy atom. The number of benzene rings is 2. The van der Waals surface area contributed by atoms with E-state index in [1.54, 1.807) is 24.3 Å². The molecule has 0 bridgehead atoms. The molecule has 2 aromatic rings. The molecule has 6 heteroatoms. The summed E-state index contributed by atoms with van der Waals surface area (Å²) in [5.74, 6) is -0.0520. The number of carbonyl (C=O) groups is 2. The fraction of sp³-hybridized carbons (Fsp3) is 0.364. The smallest absolute Gasteiger partial charge is 0.251 e. The van der Waals surface area contributed by atoms with Crippen LogP contribution in [0.1, 0.15) is 29.3 Å². The van der Waals surface area contributed by atoms with Crippen molar-refractivity contribution in [1.29, 1.82) is 0 Å². The Kier molecular flexibility index (Phi) is 7.06. The van der Waals surface area contributed by atoms with Crippen LogP contribution >= 0.6 is 11.6 Å². The topological polar surface area (TPSA) is 70.2 Å². The fourth-order valence-corrected chi connectivity index (χ4v) is 3.49. The largest absolute Gasteiger partial charge is 0.350 e. The molecule has 3 unspecified atom stereocenters. The van der Waals surface area contributed by atoms with Crippen molar-refractivity contribution in [1.82, 2.24) is 16.0 Å². The Morgan fingerprint density at radius 2 is 1.86 bits per heavy atom. The van der Waals surface area contributed by atoms with E-state index in [1.165, 1.54) is 0 Å². The third-order valence-electron chi connectivity index (χ3n) is 5.17. The zero-order valence-corrected chi connectivity index (χ0v) is 16.7. The van der Waals surface area contributed by atoms with Gasteiger partial charge in [-0.05, 0) is 48.7 Å². The molecule has 0 spiro atoms. The highest BCUT2D eigenvalue weighted by molar-refractivity contribution is 6.30. The predicted octanol–water partition coefficient (Wildman–Crippen LogP) is 2.80. The highest BCUT2D eigenvalue weighted by Gasteiger charge is 2.27. The van der Waals surface area contributed by atoms with E-state index >= 15 is 0 Å². The zero-order valence-electron chi connectivity index (χ0n) is 16.0. The summed E-state index contributed by atoms with van der Waals surface area (Å²) in [6.07, 6.45) is 1.45. The first-order valence-electron chi connectivity index (χ1n) is 9.64. The van der Waals surface area contributed by atoms with Crippen molar-refractivity contribution >= 4 is 23.4 Å². The molecular formula is C22H26ClN3O2. The van der Waals surface area contributed by atoms with E-state index in [4.69, 9.17) is 11.6 Å². The van der Waals surface area contributed by atoms with Crippen LogP contribution in [0.2, 0.25) is 5.02 Å². The maximum atomic E-state index is 13.0. The van der Waals surface area contributed by atoms with Crippen molar-refractivity contribution in [3.8, 4) is 0 Å². The molecule has 0 saturated carbocycles. The number of amides is 2. The summed E-state index contributed by atoms with van der Waals surface area (Å²) in [6.45, 7) is 3.86. The molecule has 3 rings (SSSR count). The second-order valence-corrected chi connectivity index (χ2v) is 7.74. The molecule has 0 radical (unpaired) electrons. The number of rotatable bonds is 6. The highest BCUT2D eigenvalue weighted by Crippen LogP contribution is 2.13. The summed E-state index contributed by atoms with van der Waals surface area (Å²) < 4.78 is 0. The summed E-state index contributed by atoms with van der Waals surface area (Å²) in [6, 6.07) is 15.8. The number of halogens is 1. The van der Waals surface area contributed by atoms with Gasteiger partial charge in [-0.25, -0.2) is 0 Å². The van der Waals surface area contributed by atoms with Crippen LogP contribution in [0.15, 0.2) is 54.6 Å². The van der Waals surface area contributed by atoms with E-state index in [1.807, 2.05) is 30.3 Å². The van der Waals surface area contributed by atoms with E-state index in [9.17, 15) is 9.59 Å². The Morgan fingerprint density at radius 3 is 2.54 bits per heavy atom. The summed E-state index contributed by atoms with van der Waals surface area (Å²) in [7, 11) is 0. The standard InChI is InChI=1S/C22H26ClN3O2/c1-15-11-12-24-14-20(15)26-22(28)19(13-16-5-3-2-4-6-16)25-21(27)17-7-9-18(23)10-8-17/h2-10,15,19-20,24H,11-14H2,1H3,(H,25,27)(H,26,28). The van der Waals surface area contributed by atoms with Crippen LogP contribution in [0, 0.1) is 5.92 Å². The first kappa shape index (κ1) is 20.4. The minimum Gasteiger partial charge on any atom is -0.350 e. The van der Waals surface area contributed by atoms with Crippen molar-refractivity contribution in [2.24, 2.45) is 5.92 Å². The van der Waals surface area contributed by atoms with Crippen LogP contribution in [0.4, 0.5) is 0 Å². The van der Waals surface area contributed by atoms with Gasteiger partial charge >= 0.3 is 0 Å². The van der Waals surface area contributed by atoms with Gasteiger partial charge in [0.2, 0.25) is 5.91 Å². The van der Waals surface area contributed by atoms with Gasteiger partial charge in [-0.1, -0.05) is 48.9 Å². The van der Waals surface area contributed by atoms with Gasteiger partial charge in [0.25, 0.3) is 5.91 Å². The Balaban J connectivity index is 1.73. The number of hydrogen-bond acceptors (Lipinski definition) is 3. The quantitative estimate of drug-likeness (QED) is 0.699. The fourth-order valence-electron chi connectivity index (χ4n) is 3.37. The molecular weight excluding hydrogens is 374 g/mol. The lowest BCUT2D eigenvalue weighted by Crippen LogP contribution is -2.56. The second-order valence-electron chi connectivity index (χ2n) is 7.31. The summed E-state index contributed by atoms with van der Waals surface area (Å²) >= 11 is 5.90. The molecule has 2 amide bonds. The summed E-state index contributed by atoms with van der Waals surface area (Å²) in [5, 5.41) is 9.89. The van der Waals surface area contributed by atoms with E-state index in [0.29, 0.717) is 22.9 Å². The first-order valence-corrected chi connectivity index (χ1v) is 10.0. The van der Waals surface area contributed by atoms with E-state index in [-0.39, 0.29) is 17.9 Å². The molecule has 148 valence electrons. The first-order chi connectivity index (χ1) is 13.5. The minimum atomic E-state index is -0.653. The molecule has 0 aliphatic carbocycles. The summed E-state index contributed by atoms with van der Waals surface area (Å²) in [4.78, 5) is 25.7. The average molecular weight is 400 g/mol. The SMILES string of the molecule is CC1CCNCC1NC(=O)C(Cc1ccccc1)NC(=O)c1ccc(Cl)cc1. The molecule has 1 fully saturated rings. The Hall–Kier alpha value is -2.37. The van der Waals surface area contributed by atoms with Gasteiger partial charge < -0.3 is 16.0 Å². The van der Waals surface area contributed by atoms with Gasteiger partial charge in [0.05, 0.1) is 0 Å². The number of carbonyl (C=O) groups excluding carboxylic acids is 2. The zero-order chi connectivity index (χ0) is 19.9. The normalized spacial score (nSPS) is 20.2. The van der Waals surface area contributed by atoms with Gasteiger partial charge in [-0.15, -0.1) is 0 Å². The van der Waals surface area contributed by atoms with E-state index in [2.05, 4.69) is 22.9 Å². The number of piperidine rings is 1. The summed E-state index contributed by atoms with van der Waals surface area (Å²) in [5.41, 5.74) is 1.47. The third kappa shape index (κ3) is 5.57. The van der Waals surface area contributed by atoms with Gasteiger partial charge in [-0.3, -0.25) is 9.59 Å². The van der Waals surface area contributed by atoms with Crippen molar-refractivity contribution in [2.75, 3.05) is 13.1 Å². The average Bonchev–Trinajstić information content (AvgIpc) is 2.70. The molecule has 5 nitrogen and oxygen atoms in total. The van der Waals surface area contributed by atoms with Crippen molar-refractivity contribution in [3.63, 3.8) is 0 Å². The second kappa shape index (κ2) is 9.71. The maximum absolute atomic E-state index is 13.0. The van der Waals surface area contributed by atoms with Crippen LogP contribution in [-0.4, -0.2) is 37.0 Å². The van der Waals surface area contributed by atoms with Gasteiger partial charge in [0.15, 0.2) is 0 Å². The van der Waals surface area contributed by atoms with Crippen LogP contribution in [0.25, 0.3) is 0 Å². The van der Waals surface area contributed by atoms with E-state index in [0.717, 1.165) is 25.1 Å². The predicted molar refractivity (Wildman–Crippen MR) is 111 cm³/mol. The van der Waals surface area contributed by atoms with Gasteiger partial charge in [0, 0.05) is 29.6 Å². The van der Waals surface area contributed by atoms with Crippen LogP contribution < -0.4 is 16.0 Å². The molecule has 1 saturated heterocycles. The highest BCUT2D eigenvalue weighted by atomic mass is 35.5. The molecule has 2 aromatic carbocycles. The molecule has 28 heavy (non-hydrogen) atoms. The third-order valence-corrected chi connectivity index (χ3v) is 5.42. The van der Waals surface area contributed by atoms with Crippen LogP contribution in [0.5, 0.6) is 0 Å². The van der Waals surface area contributed by atoms with Gasteiger partial charge in [0.1, 0.15) is 6.04 Å². The van der Waals surface area contributed by atoms with Gasteiger partial charge in [-0.2, -0.15) is 0 Å². The van der Waals surface area contributed by atoms with E-state index < -0.39 is 6.04 Å². The number of nitrogens with one attached hydrogen (secondary N) is 3. The van der Waals surface area contributed by atoms with Crippen molar-refractivity contribution in [3.05, 3.63) is 70.7 Å². The van der Waals surface area contributed by atoms with Crippen LogP contribution in [0.3, 0.4) is 0 Å². The molecule has 0 aromatic heterocycles. The molecule has 1 aliphatic rings. The van der Waals surface area contributed by atoms with Crippen molar-refractivity contribution in [2.45, 2.75) is 31.8 Å². The lowest BCUT2D eigenvalue weighted by Gasteiger charge is -2.31. The molecule has 3 atom stereocenters. The molecule has 3 N–H and O–H groups in total. The maximum Gasteiger partial charge on any atom is 0.251 e. The van der Waals surface area contributed by atoms with Crippen molar-refractivity contribution < 1.29 is 9.59 Å². The Labute approximate surface area is 170 Å². The lowest BCUT2D eigenvalue weighted by atomic mass is 9.94. The molecule has 1 aliphatic heterocycles. The molecule has 1 heterocycles.